The fourth-order valence-corrected chi connectivity index (χ4v) is 2.19. The second kappa shape index (κ2) is 7.78. The first kappa shape index (κ1) is 16.9. The zero-order valence-corrected chi connectivity index (χ0v) is 13.6. The summed E-state index contributed by atoms with van der Waals surface area (Å²) < 4.78 is 23.9. The topological polar surface area (TPSA) is 79.9 Å². The number of hydrogen-bond acceptors (Lipinski definition) is 5. The maximum Gasteiger partial charge on any atom is 0.219 e. The highest BCUT2D eigenvalue weighted by Gasteiger charge is 2.08. The molecule has 0 bridgehead atoms. The summed E-state index contributed by atoms with van der Waals surface area (Å²) in [7, 11) is 0. The van der Waals surface area contributed by atoms with Gasteiger partial charge >= 0.3 is 0 Å². The van der Waals surface area contributed by atoms with Crippen molar-refractivity contribution in [2.75, 3.05) is 0 Å². The highest BCUT2D eigenvalue weighted by molar-refractivity contribution is 6.30. The molecular weight excluding hydrogens is 349 g/mol. The van der Waals surface area contributed by atoms with Gasteiger partial charge in [0.15, 0.2) is 5.84 Å². The van der Waals surface area contributed by atoms with Crippen molar-refractivity contribution in [2.45, 2.75) is 6.54 Å². The van der Waals surface area contributed by atoms with Gasteiger partial charge in [0.05, 0.1) is 17.8 Å². The molecule has 0 spiro atoms. The summed E-state index contributed by atoms with van der Waals surface area (Å²) in [5, 5.41) is 9.27. The molecule has 0 saturated carbocycles. The summed E-state index contributed by atoms with van der Waals surface area (Å²) in [4.78, 5) is 8.31. The van der Waals surface area contributed by atoms with Crippen LogP contribution in [0.15, 0.2) is 64.3 Å². The van der Waals surface area contributed by atoms with Gasteiger partial charge in [-0.15, -0.1) is 0 Å². The van der Waals surface area contributed by atoms with Gasteiger partial charge in [-0.1, -0.05) is 11.6 Å². The summed E-state index contributed by atoms with van der Waals surface area (Å²) in [6.07, 6.45) is 3.04. The SMILES string of the molecule is ONC(=NCc1ccco1)c1ccnc(Oc2ccc(F)c(Cl)c2)c1. The minimum atomic E-state index is -0.535. The van der Waals surface area contributed by atoms with E-state index in [-0.39, 0.29) is 23.3 Å². The Morgan fingerprint density at radius 1 is 1.32 bits per heavy atom. The van der Waals surface area contributed by atoms with E-state index in [0.717, 1.165) is 0 Å². The van der Waals surface area contributed by atoms with Gasteiger partial charge < -0.3 is 9.15 Å². The highest BCUT2D eigenvalue weighted by atomic mass is 35.5. The molecule has 0 unspecified atom stereocenters. The van der Waals surface area contributed by atoms with Crippen LogP contribution in [0.3, 0.4) is 0 Å². The minimum Gasteiger partial charge on any atom is -0.467 e. The summed E-state index contributed by atoms with van der Waals surface area (Å²) in [5.41, 5.74) is 2.59. The van der Waals surface area contributed by atoms with Crippen molar-refractivity contribution in [1.29, 1.82) is 0 Å². The van der Waals surface area contributed by atoms with Crippen LogP contribution in [-0.2, 0) is 6.54 Å². The number of aromatic nitrogens is 1. The molecule has 3 aromatic rings. The lowest BCUT2D eigenvalue weighted by Crippen LogP contribution is -2.20. The van der Waals surface area contributed by atoms with Crippen molar-refractivity contribution < 1.29 is 18.8 Å². The van der Waals surface area contributed by atoms with Gasteiger partial charge in [-0.25, -0.2) is 9.37 Å². The van der Waals surface area contributed by atoms with Crippen LogP contribution < -0.4 is 10.2 Å². The van der Waals surface area contributed by atoms with Crippen LogP contribution in [0.5, 0.6) is 11.6 Å². The number of halogens is 2. The molecule has 1 aromatic carbocycles. The molecule has 2 aromatic heterocycles. The van der Waals surface area contributed by atoms with Gasteiger partial charge in [-0.2, -0.15) is 0 Å². The maximum absolute atomic E-state index is 13.2. The van der Waals surface area contributed by atoms with E-state index in [0.29, 0.717) is 17.1 Å². The molecule has 2 N–H and O–H groups in total. The Hall–Kier alpha value is -2.90. The molecular formula is C17H13ClFN3O3. The number of nitrogens with zero attached hydrogens (tertiary/aromatic N) is 2. The van der Waals surface area contributed by atoms with Crippen LogP contribution in [0.25, 0.3) is 0 Å². The molecule has 6 nitrogen and oxygen atoms in total. The first-order chi connectivity index (χ1) is 12.2. The first-order valence-corrected chi connectivity index (χ1v) is 7.60. The number of rotatable bonds is 5. The quantitative estimate of drug-likeness (QED) is 0.405. The molecule has 3 rings (SSSR count). The smallest absolute Gasteiger partial charge is 0.219 e. The zero-order chi connectivity index (χ0) is 17.6. The number of pyridine rings is 1. The van der Waals surface area contributed by atoms with E-state index in [1.807, 2.05) is 5.48 Å². The van der Waals surface area contributed by atoms with E-state index in [9.17, 15) is 9.60 Å². The summed E-state index contributed by atoms with van der Waals surface area (Å²) in [5.74, 6) is 0.913. The van der Waals surface area contributed by atoms with Crippen LogP contribution in [0.1, 0.15) is 11.3 Å². The van der Waals surface area contributed by atoms with E-state index in [1.165, 1.54) is 24.4 Å². The monoisotopic (exact) mass is 361 g/mol. The minimum absolute atomic E-state index is 0.0496. The number of aliphatic imine (C=N–C) groups is 1. The van der Waals surface area contributed by atoms with Crippen LogP contribution in [-0.4, -0.2) is 16.0 Å². The molecule has 0 fully saturated rings. The molecule has 0 aliphatic heterocycles. The fraction of sp³-hybridized carbons (Fsp3) is 0.0588. The summed E-state index contributed by atoms with van der Waals surface area (Å²) in [6.45, 7) is 0.252. The third-order valence-electron chi connectivity index (χ3n) is 3.20. The van der Waals surface area contributed by atoms with E-state index in [2.05, 4.69) is 9.98 Å². The van der Waals surface area contributed by atoms with Gasteiger partial charge in [-0.3, -0.25) is 15.7 Å². The standard InChI is InChI=1S/C17H13ClFN3O3/c18-14-9-12(3-4-15(14)19)25-16-8-11(5-6-20-16)17(22-23)21-10-13-2-1-7-24-13/h1-9,23H,10H2,(H,21,22). The van der Waals surface area contributed by atoms with Crippen LogP contribution in [0, 0.1) is 5.82 Å². The number of nitrogens with one attached hydrogen (secondary N) is 1. The lowest BCUT2D eigenvalue weighted by atomic mass is 10.2. The maximum atomic E-state index is 13.2. The van der Waals surface area contributed by atoms with Crippen LogP contribution in [0.2, 0.25) is 5.02 Å². The molecule has 0 saturated heterocycles. The molecule has 0 radical (unpaired) electrons. The van der Waals surface area contributed by atoms with Gasteiger partial charge in [0.1, 0.15) is 17.3 Å². The molecule has 0 amide bonds. The number of benzene rings is 1. The highest BCUT2D eigenvalue weighted by Crippen LogP contribution is 2.25. The van der Waals surface area contributed by atoms with Gasteiger partial charge in [0, 0.05) is 23.9 Å². The number of amidine groups is 1. The van der Waals surface area contributed by atoms with E-state index < -0.39 is 5.82 Å². The lowest BCUT2D eigenvalue weighted by molar-refractivity contribution is 0.234. The Bertz CT molecular complexity index is 885. The van der Waals surface area contributed by atoms with E-state index in [4.69, 9.17) is 20.8 Å². The van der Waals surface area contributed by atoms with Crippen molar-refractivity contribution in [3.63, 3.8) is 0 Å². The molecule has 0 atom stereocenters. The van der Waals surface area contributed by atoms with Crippen LogP contribution in [0.4, 0.5) is 4.39 Å². The fourth-order valence-electron chi connectivity index (χ4n) is 2.02. The molecule has 8 heteroatoms. The zero-order valence-electron chi connectivity index (χ0n) is 12.8. The molecule has 0 aliphatic rings. The Morgan fingerprint density at radius 2 is 2.20 bits per heavy atom. The van der Waals surface area contributed by atoms with Gasteiger partial charge in [-0.05, 0) is 30.3 Å². The summed E-state index contributed by atoms with van der Waals surface area (Å²) in [6, 6.07) is 10.7. The van der Waals surface area contributed by atoms with Crippen molar-refractivity contribution in [3.8, 4) is 11.6 Å². The predicted molar refractivity (Wildman–Crippen MR) is 89.6 cm³/mol. The molecule has 2 heterocycles. The molecule has 25 heavy (non-hydrogen) atoms. The Morgan fingerprint density at radius 3 is 2.92 bits per heavy atom. The van der Waals surface area contributed by atoms with Crippen molar-refractivity contribution in [1.82, 2.24) is 10.5 Å². The van der Waals surface area contributed by atoms with Gasteiger partial charge in [0.25, 0.3) is 0 Å². The Balaban J connectivity index is 1.79. The van der Waals surface area contributed by atoms with Gasteiger partial charge in [0.2, 0.25) is 5.88 Å². The predicted octanol–water partition coefficient (Wildman–Crippen LogP) is 4.19. The van der Waals surface area contributed by atoms with E-state index in [1.54, 1.807) is 30.5 Å². The molecule has 128 valence electrons. The average Bonchev–Trinajstić information content (AvgIpc) is 3.13. The second-order valence-corrected chi connectivity index (χ2v) is 5.32. The molecule has 0 aliphatic carbocycles. The van der Waals surface area contributed by atoms with Crippen molar-refractivity contribution in [3.05, 3.63) is 77.1 Å². The largest absolute Gasteiger partial charge is 0.467 e. The third kappa shape index (κ3) is 4.34. The Kier molecular flexibility index (Phi) is 5.27. The normalized spacial score (nSPS) is 11.4. The average molecular weight is 362 g/mol. The summed E-state index contributed by atoms with van der Waals surface area (Å²) >= 11 is 5.73. The lowest BCUT2D eigenvalue weighted by Gasteiger charge is -2.08. The van der Waals surface area contributed by atoms with Crippen molar-refractivity contribution in [2.24, 2.45) is 4.99 Å². The van der Waals surface area contributed by atoms with Crippen molar-refractivity contribution >= 4 is 17.4 Å². The van der Waals surface area contributed by atoms with E-state index >= 15 is 0 Å². The number of hydrogen-bond donors (Lipinski definition) is 2. The first-order valence-electron chi connectivity index (χ1n) is 7.22. The second-order valence-electron chi connectivity index (χ2n) is 4.92. The number of furan rings is 1. The van der Waals surface area contributed by atoms with Crippen LogP contribution >= 0.6 is 11.6 Å². The number of hydroxylamine groups is 1. The Labute approximate surface area is 147 Å². The third-order valence-corrected chi connectivity index (χ3v) is 3.49. The number of ether oxygens (including phenoxy) is 1.